The van der Waals surface area contributed by atoms with Crippen molar-refractivity contribution in [3.05, 3.63) is 42.0 Å². The van der Waals surface area contributed by atoms with Crippen LogP contribution in [0.3, 0.4) is 0 Å². The number of aliphatic imine (C=N–C) groups is 1. The van der Waals surface area contributed by atoms with Crippen molar-refractivity contribution in [3.63, 3.8) is 0 Å². The van der Waals surface area contributed by atoms with E-state index in [0.29, 0.717) is 24.2 Å². The Balaban J connectivity index is 0.00000300. The van der Waals surface area contributed by atoms with Crippen molar-refractivity contribution in [1.82, 2.24) is 20.4 Å². The van der Waals surface area contributed by atoms with Crippen LogP contribution in [0.5, 0.6) is 0 Å². The van der Waals surface area contributed by atoms with E-state index >= 15 is 0 Å². The van der Waals surface area contributed by atoms with Crippen molar-refractivity contribution < 1.29 is 4.52 Å². The molecule has 0 radical (unpaired) electrons. The van der Waals surface area contributed by atoms with E-state index in [1.54, 1.807) is 0 Å². The summed E-state index contributed by atoms with van der Waals surface area (Å²) in [6, 6.07) is 10.6. The highest BCUT2D eigenvalue weighted by molar-refractivity contribution is 14.0. The van der Waals surface area contributed by atoms with Gasteiger partial charge in [-0.05, 0) is 31.4 Å². The summed E-state index contributed by atoms with van der Waals surface area (Å²) < 4.78 is 5.37. The molecule has 2 heterocycles. The topological polar surface area (TPSA) is 66.5 Å². The maximum Gasteiger partial charge on any atom is 0.232 e. The van der Waals surface area contributed by atoms with E-state index in [1.165, 1.54) is 11.3 Å². The number of benzene rings is 1. The summed E-state index contributed by atoms with van der Waals surface area (Å²) in [5, 5.41) is 7.49. The number of nitrogens with zero attached hydrogens (tertiary/aromatic N) is 4. The van der Waals surface area contributed by atoms with E-state index in [0.717, 1.165) is 31.3 Å². The average molecular weight is 529 g/mol. The second-order valence-electron chi connectivity index (χ2n) is 8.16. The van der Waals surface area contributed by atoms with Gasteiger partial charge in [0.2, 0.25) is 5.89 Å². The fourth-order valence-electron chi connectivity index (χ4n) is 3.09. The number of hydrogen-bond acceptors (Lipinski definition) is 5. The van der Waals surface area contributed by atoms with Gasteiger partial charge in [-0.15, -0.1) is 35.7 Å². The summed E-state index contributed by atoms with van der Waals surface area (Å²) in [5.74, 6) is 4.04. The van der Waals surface area contributed by atoms with Gasteiger partial charge in [-0.1, -0.05) is 44.1 Å². The highest BCUT2D eigenvalue weighted by Crippen LogP contribution is 2.26. The summed E-state index contributed by atoms with van der Waals surface area (Å²) in [7, 11) is 0. The van der Waals surface area contributed by atoms with Gasteiger partial charge in [-0.2, -0.15) is 4.98 Å². The van der Waals surface area contributed by atoms with Crippen LogP contribution in [-0.2, 0) is 12.0 Å². The molecule has 0 saturated carbocycles. The second-order valence-corrected chi connectivity index (χ2v) is 9.25. The third-order valence-corrected chi connectivity index (χ3v) is 5.87. The first-order valence-corrected chi connectivity index (χ1v) is 11.0. The molecule has 6 nitrogen and oxygen atoms in total. The number of rotatable bonds is 6. The zero-order valence-corrected chi connectivity index (χ0v) is 20.9. The fraction of sp³-hybridized carbons (Fsp3) is 0.571. The van der Waals surface area contributed by atoms with Crippen molar-refractivity contribution in [2.45, 2.75) is 51.0 Å². The van der Waals surface area contributed by atoms with Crippen LogP contribution in [0.1, 0.15) is 45.8 Å². The summed E-state index contributed by atoms with van der Waals surface area (Å²) in [5.41, 5.74) is -0.141. The molecule has 1 atom stereocenters. The lowest BCUT2D eigenvalue weighted by molar-refractivity contribution is 0.318. The molecule has 1 saturated heterocycles. The first kappa shape index (κ1) is 24.0. The van der Waals surface area contributed by atoms with Crippen molar-refractivity contribution in [2.24, 2.45) is 10.9 Å². The highest BCUT2D eigenvalue weighted by Gasteiger charge is 2.25. The van der Waals surface area contributed by atoms with Crippen LogP contribution in [0.4, 0.5) is 0 Å². The van der Waals surface area contributed by atoms with E-state index in [4.69, 9.17) is 9.52 Å². The first-order chi connectivity index (χ1) is 13.5. The minimum Gasteiger partial charge on any atom is -0.357 e. The molecule has 0 spiro atoms. The zero-order chi connectivity index (χ0) is 20.0. The van der Waals surface area contributed by atoms with Crippen molar-refractivity contribution in [2.75, 3.05) is 25.4 Å². The number of likely N-dealkylation sites (tertiary alicyclic amines) is 1. The Bertz CT molecular complexity index is 775. The summed E-state index contributed by atoms with van der Waals surface area (Å²) >= 11 is 1.94. The smallest absolute Gasteiger partial charge is 0.232 e. The van der Waals surface area contributed by atoms with Crippen LogP contribution < -0.4 is 5.32 Å². The number of thioether (sulfide) groups is 1. The molecule has 160 valence electrons. The number of nitrogens with one attached hydrogen (secondary N) is 1. The summed E-state index contributed by atoms with van der Waals surface area (Å²) in [6.07, 6.45) is 1.20. The van der Waals surface area contributed by atoms with Gasteiger partial charge in [0.1, 0.15) is 6.54 Å². The first-order valence-electron chi connectivity index (χ1n) is 10.00. The monoisotopic (exact) mass is 529 g/mol. The number of guanidine groups is 1. The maximum absolute atomic E-state index is 5.37. The van der Waals surface area contributed by atoms with Gasteiger partial charge >= 0.3 is 0 Å². The molecule has 3 rings (SSSR count). The molecule has 1 N–H and O–H groups in total. The van der Waals surface area contributed by atoms with E-state index in [-0.39, 0.29) is 29.4 Å². The van der Waals surface area contributed by atoms with Crippen LogP contribution in [0.2, 0.25) is 0 Å². The molecule has 0 bridgehead atoms. The van der Waals surface area contributed by atoms with Crippen LogP contribution in [-0.4, -0.2) is 46.4 Å². The fourth-order valence-corrected chi connectivity index (χ4v) is 4.14. The van der Waals surface area contributed by atoms with Crippen LogP contribution in [0.25, 0.3) is 0 Å². The van der Waals surface area contributed by atoms with Crippen LogP contribution in [0, 0.1) is 5.92 Å². The molecule has 8 heteroatoms. The predicted molar refractivity (Wildman–Crippen MR) is 130 cm³/mol. The molecular weight excluding hydrogens is 497 g/mol. The molecule has 1 unspecified atom stereocenters. The van der Waals surface area contributed by atoms with E-state index in [9.17, 15) is 0 Å². The van der Waals surface area contributed by atoms with Gasteiger partial charge in [-0.3, -0.25) is 0 Å². The standard InChI is InChI=1S/C21H31N5OS.HI/c1-5-22-20(23-13-18-24-19(27-25-18)21(2,3)4)26-12-11-16(14-26)15-28-17-9-7-6-8-10-17;/h6-10,16H,5,11-15H2,1-4H3,(H,22,23);1H. The van der Waals surface area contributed by atoms with Crippen molar-refractivity contribution in [3.8, 4) is 0 Å². The van der Waals surface area contributed by atoms with Gasteiger partial charge in [0.25, 0.3) is 0 Å². The zero-order valence-electron chi connectivity index (χ0n) is 17.7. The molecule has 1 aromatic heterocycles. The SMILES string of the molecule is CCNC(=NCc1noc(C(C)(C)C)n1)N1CCC(CSc2ccccc2)C1.I. The lowest BCUT2D eigenvalue weighted by Gasteiger charge is -2.21. The van der Waals surface area contributed by atoms with Crippen LogP contribution in [0.15, 0.2) is 44.7 Å². The average Bonchev–Trinajstić information content (AvgIpc) is 3.34. The minimum atomic E-state index is -0.141. The van der Waals surface area contributed by atoms with E-state index in [1.807, 2.05) is 11.8 Å². The largest absolute Gasteiger partial charge is 0.357 e. The Morgan fingerprint density at radius 2 is 2.07 bits per heavy atom. The Hall–Kier alpha value is -1.29. The number of hydrogen-bond donors (Lipinski definition) is 1. The number of aromatic nitrogens is 2. The molecule has 1 fully saturated rings. The molecule has 2 aromatic rings. The minimum absolute atomic E-state index is 0. The molecule has 1 aliphatic rings. The second kappa shape index (κ2) is 11.2. The Morgan fingerprint density at radius 1 is 1.31 bits per heavy atom. The summed E-state index contributed by atoms with van der Waals surface area (Å²) in [6.45, 7) is 11.6. The number of halogens is 1. The summed E-state index contributed by atoms with van der Waals surface area (Å²) in [4.78, 5) is 12.9. The highest BCUT2D eigenvalue weighted by atomic mass is 127. The lowest BCUT2D eigenvalue weighted by Crippen LogP contribution is -2.40. The molecule has 29 heavy (non-hydrogen) atoms. The van der Waals surface area contributed by atoms with Crippen molar-refractivity contribution in [1.29, 1.82) is 0 Å². The van der Waals surface area contributed by atoms with E-state index < -0.39 is 0 Å². The Labute approximate surface area is 195 Å². The molecule has 1 aromatic carbocycles. The van der Waals surface area contributed by atoms with E-state index in [2.05, 4.69) is 78.4 Å². The van der Waals surface area contributed by atoms with Crippen LogP contribution >= 0.6 is 35.7 Å². The molecular formula is C21H32IN5OS. The Kier molecular flexibility index (Phi) is 9.26. The van der Waals surface area contributed by atoms with Crippen molar-refractivity contribution >= 4 is 41.7 Å². The quantitative estimate of drug-likeness (QED) is 0.256. The molecule has 1 aliphatic heterocycles. The Morgan fingerprint density at radius 3 is 2.72 bits per heavy atom. The van der Waals surface area contributed by atoms with Gasteiger partial charge in [0.15, 0.2) is 11.8 Å². The van der Waals surface area contributed by atoms with Gasteiger partial charge < -0.3 is 14.7 Å². The normalized spacial score (nSPS) is 17.3. The molecule has 0 amide bonds. The van der Waals surface area contributed by atoms with Gasteiger partial charge in [-0.25, -0.2) is 4.99 Å². The predicted octanol–water partition coefficient (Wildman–Crippen LogP) is 4.56. The lowest BCUT2D eigenvalue weighted by atomic mass is 9.97. The van der Waals surface area contributed by atoms with Gasteiger partial charge in [0, 0.05) is 35.7 Å². The van der Waals surface area contributed by atoms with Gasteiger partial charge in [0.05, 0.1) is 0 Å². The molecule has 0 aliphatic carbocycles. The maximum atomic E-state index is 5.37. The third kappa shape index (κ3) is 7.16. The third-order valence-electron chi connectivity index (χ3n) is 4.63.